The Morgan fingerprint density at radius 2 is 1.79 bits per heavy atom. The lowest BCUT2D eigenvalue weighted by molar-refractivity contribution is 0.0696. The van der Waals surface area contributed by atoms with Gasteiger partial charge in [-0.05, 0) is 53.1 Å². The van der Waals surface area contributed by atoms with Gasteiger partial charge in [-0.1, -0.05) is 37.3 Å². The van der Waals surface area contributed by atoms with Crippen molar-refractivity contribution in [1.29, 1.82) is 0 Å². The number of rotatable bonds is 4. The van der Waals surface area contributed by atoms with Crippen LogP contribution in [0.2, 0.25) is 0 Å². The van der Waals surface area contributed by atoms with E-state index in [4.69, 9.17) is 5.11 Å². The standard InChI is InChI=1S/C20H18O4/c1-12(14-3-2-4-16(10-14)20(23)24)9-15-6-5-13-7-8-17(21)11-18(13)19(15)22/h2-8,10-12,21-22H,9H2,1H3,(H,23,24). The Morgan fingerprint density at radius 3 is 2.54 bits per heavy atom. The monoisotopic (exact) mass is 322 g/mol. The van der Waals surface area contributed by atoms with Crippen LogP contribution in [0.5, 0.6) is 11.5 Å². The molecule has 1 atom stereocenters. The SMILES string of the molecule is CC(Cc1ccc2ccc(O)cc2c1O)c1cccc(C(=O)O)c1. The van der Waals surface area contributed by atoms with Crippen LogP contribution in [0.25, 0.3) is 10.8 Å². The maximum Gasteiger partial charge on any atom is 0.335 e. The van der Waals surface area contributed by atoms with E-state index in [0.29, 0.717) is 11.8 Å². The summed E-state index contributed by atoms with van der Waals surface area (Å²) in [4.78, 5) is 11.1. The fourth-order valence-corrected chi connectivity index (χ4v) is 2.93. The van der Waals surface area contributed by atoms with Crippen molar-refractivity contribution in [2.24, 2.45) is 0 Å². The average Bonchev–Trinajstić information content (AvgIpc) is 2.58. The topological polar surface area (TPSA) is 77.8 Å². The second-order valence-corrected chi connectivity index (χ2v) is 6.01. The molecule has 0 radical (unpaired) electrons. The zero-order chi connectivity index (χ0) is 17.3. The first-order valence-electron chi connectivity index (χ1n) is 7.72. The van der Waals surface area contributed by atoms with E-state index in [0.717, 1.165) is 16.5 Å². The van der Waals surface area contributed by atoms with Crippen LogP contribution < -0.4 is 0 Å². The van der Waals surface area contributed by atoms with Gasteiger partial charge in [0.05, 0.1) is 5.56 Å². The van der Waals surface area contributed by atoms with Crippen LogP contribution in [-0.4, -0.2) is 21.3 Å². The van der Waals surface area contributed by atoms with Gasteiger partial charge in [-0.15, -0.1) is 0 Å². The van der Waals surface area contributed by atoms with E-state index in [2.05, 4.69) is 0 Å². The molecule has 3 N–H and O–H groups in total. The lowest BCUT2D eigenvalue weighted by Gasteiger charge is -2.15. The van der Waals surface area contributed by atoms with Crippen LogP contribution in [0.1, 0.15) is 34.3 Å². The number of fused-ring (bicyclic) bond motifs is 1. The molecule has 3 aromatic carbocycles. The van der Waals surface area contributed by atoms with Gasteiger partial charge in [-0.25, -0.2) is 4.79 Å². The van der Waals surface area contributed by atoms with Crippen LogP contribution in [0.4, 0.5) is 0 Å². The van der Waals surface area contributed by atoms with Gasteiger partial charge in [0, 0.05) is 5.39 Å². The smallest absolute Gasteiger partial charge is 0.335 e. The summed E-state index contributed by atoms with van der Waals surface area (Å²) < 4.78 is 0. The highest BCUT2D eigenvalue weighted by atomic mass is 16.4. The summed E-state index contributed by atoms with van der Waals surface area (Å²) in [6.45, 7) is 1.99. The van der Waals surface area contributed by atoms with Crippen molar-refractivity contribution in [3.63, 3.8) is 0 Å². The molecule has 3 aromatic rings. The fourth-order valence-electron chi connectivity index (χ4n) is 2.93. The summed E-state index contributed by atoms with van der Waals surface area (Å²) in [6, 6.07) is 15.5. The minimum atomic E-state index is -0.951. The number of phenols is 2. The van der Waals surface area contributed by atoms with Gasteiger partial charge in [0.1, 0.15) is 11.5 Å². The average molecular weight is 322 g/mol. The van der Waals surface area contributed by atoms with Crippen LogP contribution in [0.15, 0.2) is 54.6 Å². The molecular weight excluding hydrogens is 304 g/mol. The Kier molecular flexibility index (Phi) is 4.13. The molecule has 0 fully saturated rings. The molecule has 3 rings (SSSR count). The summed E-state index contributed by atoms with van der Waals surface area (Å²) in [5.41, 5.74) is 1.93. The number of carboxylic acid groups (broad SMARTS) is 1. The van der Waals surface area contributed by atoms with Gasteiger partial charge in [0.25, 0.3) is 0 Å². The van der Waals surface area contributed by atoms with E-state index in [1.54, 1.807) is 36.4 Å². The van der Waals surface area contributed by atoms with Gasteiger partial charge in [0.15, 0.2) is 0 Å². The highest BCUT2D eigenvalue weighted by molar-refractivity contribution is 5.90. The Labute approximate surface area is 139 Å². The predicted molar refractivity (Wildman–Crippen MR) is 92.8 cm³/mol. The normalized spacial score (nSPS) is 12.2. The second kappa shape index (κ2) is 6.24. The van der Waals surface area contributed by atoms with Crippen molar-refractivity contribution in [3.05, 3.63) is 71.3 Å². The molecule has 4 heteroatoms. The van der Waals surface area contributed by atoms with Gasteiger partial charge >= 0.3 is 5.97 Å². The Morgan fingerprint density at radius 1 is 1.04 bits per heavy atom. The molecule has 0 amide bonds. The first-order chi connectivity index (χ1) is 11.5. The van der Waals surface area contributed by atoms with Gasteiger partial charge in [-0.3, -0.25) is 0 Å². The summed E-state index contributed by atoms with van der Waals surface area (Å²) in [7, 11) is 0. The largest absolute Gasteiger partial charge is 0.508 e. The number of carbonyl (C=O) groups is 1. The van der Waals surface area contributed by atoms with Crippen molar-refractivity contribution in [2.75, 3.05) is 0 Å². The molecule has 0 aromatic heterocycles. The summed E-state index contributed by atoms with van der Waals surface area (Å²) in [5, 5.41) is 30.7. The summed E-state index contributed by atoms with van der Waals surface area (Å²) in [5.74, 6) is -0.639. The quantitative estimate of drug-likeness (QED) is 0.669. The van der Waals surface area contributed by atoms with E-state index in [1.165, 1.54) is 0 Å². The fraction of sp³-hybridized carbons (Fsp3) is 0.150. The van der Waals surface area contributed by atoms with Crippen molar-refractivity contribution in [2.45, 2.75) is 19.3 Å². The Hall–Kier alpha value is -3.01. The van der Waals surface area contributed by atoms with E-state index >= 15 is 0 Å². The van der Waals surface area contributed by atoms with Crippen molar-refractivity contribution < 1.29 is 20.1 Å². The maximum absolute atomic E-state index is 11.1. The minimum Gasteiger partial charge on any atom is -0.508 e. The molecule has 0 spiro atoms. The van der Waals surface area contributed by atoms with Crippen LogP contribution in [0.3, 0.4) is 0 Å². The third-order valence-electron chi connectivity index (χ3n) is 4.29. The molecule has 24 heavy (non-hydrogen) atoms. The molecule has 122 valence electrons. The predicted octanol–water partition coefficient (Wildman–Crippen LogP) is 4.30. The van der Waals surface area contributed by atoms with Gasteiger partial charge < -0.3 is 15.3 Å². The molecule has 1 unspecified atom stereocenters. The molecular formula is C20H18O4. The molecule has 0 aliphatic carbocycles. The molecule has 0 aliphatic rings. The lowest BCUT2D eigenvalue weighted by Crippen LogP contribution is -2.02. The molecule has 0 bridgehead atoms. The third kappa shape index (κ3) is 3.04. The molecule has 0 saturated carbocycles. The highest BCUT2D eigenvalue weighted by Gasteiger charge is 2.14. The Bertz CT molecular complexity index is 915. The highest BCUT2D eigenvalue weighted by Crippen LogP contribution is 2.34. The summed E-state index contributed by atoms with van der Waals surface area (Å²) in [6.07, 6.45) is 0.570. The van der Waals surface area contributed by atoms with E-state index in [1.807, 2.05) is 25.1 Å². The summed E-state index contributed by atoms with van der Waals surface area (Å²) >= 11 is 0. The first-order valence-corrected chi connectivity index (χ1v) is 7.72. The van der Waals surface area contributed by atoms with E-state index in [-0.39, 0.29) is 23.0 Å². The van der Waals surface area contributed by atoms with Crippen LogP contribution >= 0.6 is 0 Å². The second-order valence-electron chi connectivity index (χ2n) is 6.01. The molecule has 0 aliphatic heterocycles. The zero-order valence-corrected chi connectivity index (χ0v) is 13.2. The number of aromatic hydroxyl groups is 2. The molecule has 0 saturated heterocycles. The Balaban J connectivity index is 1.93. The van der Waals surface area contributed by atoms with Crippen molar-refractivity contribution >= 4 is 16.7 Å². The maximum atomic E-state index is 11.1. The van der Waals surface area contributed by atoms with Gasteiger partial charge in [0.2, 0.25) is 0 Å². The lowest BCUT2D eigenvalue weighted by atomic mass is 9.91. The van der Waals surface area contributed by atoms with Crippen molar-refractivity contribution in [1.82, 2.24) is 0 Å². The van der Waals surface area contributed by atoms with E-state index in [9.17, 15) is 15.0 Å². The van der Waals surface area contributed by atoms with Crippen LogP contribution in [0, 0.1) is 0 Å². The number of aromatic carboxylic acids is 1. The third-order valence-corrected chi connectivity index (χ3v) is 4.29. The van der Waals surface area contributed by atoms with Gasteiger partial charge in [-0.2, -0.15) is 0 Å². The number of hydrogen-bond acceptors (Lipinski definition) is 3. The minimum absolute atomic E-state index is 0.0463. The number of carboxylic acids is 1. The molecule has 4 nitrogen and oxygen atoms in total. The first kappa shape index (κ1) is 15.9. The number of hydrogen-bond donors (Lipinski definition) is 3. The van der Waals surface area contributed by atoms with Crippen LogP contribution in [-0.2, 0) is 6.42 Å². The molecule has 0 heterocycles. The zero-order valence-electron chi connectivity index (χ0n) is 13.2. The number of phenolic OH excluding ortho intramolecular Hbond substituents is 2. The van der Waals surface area contributed by atoms with E-state index < -0.39 is 5.97 Å². The van der Waals surface area contributed by atoms with Crippen molar-refractivity contribution in [3.8, 4) is 11.5 Å². The number of benzene rings is 3.